The average molecular weight is 596 g/mol. The van der Waals surface area contributed by atoms with Crippen LogP contribution in [0.3, 0.4) is 0 Å². The molecule has 8 nitrogen and oxygen atoms in total. The Morgan fingerprint density at radius 2 is 1.71 bits per heavy atom. The summed E-state index contributed by atoms with van der Waals surface area (Å²) in [6.07, 6.45) is 1.37. The van der Waals surface area contributed by atoms with Crippen molar-refractivity contribution in [3.05, 3.63) is 81.6 Å². The van der Waals surface area contributed by atoms with Gasteiger partial charge in [-0.05, 0) is 71.5 Å². The lowest BCUT2D eigenvalue weighted by Crippen LogP contribution is -2.35. The predicted octanol–water partition coefficient (Wildman–Crippen LogP) is 5.88. The molecule has 0 saturated carbocycles. The molecule has 42 heavy (non-hydrogen) atoms. The fourth-order valence-electron chi connectivity index (χ4n) is 6.11. The van der Waals surface area contributed by atoms with Gasteiger partial charge in [-0.2, -0.15) is 0 Å². The molecule has 0 aliphatic carbocycles. The van der Waals surface area contributed by atoms with Gasteiger partial charge in [0, 0.05) is 49.0 Å². The second-order valence-electron chi connectivity index (χ2n) is 10.9. The Labute approximate surface area is 250 Å². The third kappa shape index (κ3) is 5.76. The number of hydrogen-bond donors (Lipinski definition) is 2. The number of aryl methyl sites for hydroxylation is 2. The highest BCUT2D eigenvalue weighted by atomic mass is 35.5. The molecule has 1 unspecified atom stereocenters. The molecule has 2 aliphatic heterocycles. The molecule has 3 aromatic rings. The first-order valence-electron chi connectivity index (χ1n) is 14.1. The molecule has 0 spiro atoms. The quantitative estimate of drug-likeness (QED) is 0.319. The van der Waals surface area contributed by atoms with E-state index in [9.17, 15) is 19.1 Å². The van der Waals surface area contributed by atoms with Gasteiger partial charge < -0.3 is 24.8 Å². The highest BCUT2D eigenvalue weighted by Gasteiger charge is 2.48. The second-order valence-corrected chi connectivity index (χ2v) is 11.4. The number of carbonyl (C=O) groups is 2. The van der Waals surface area contributed by atoms with E-state index in [4.69, 9.17) is 21.1 Å². The number of ether oxygens (including phenoxy) is 2. The maximum Gasteiger partial charge on any atom is 0.309 e. The Bertz CT molecular complexity index is 1470. The van der Waals surface area contributed by atoms with Crippen LogP contribution in [0.25, 0.3) is 0 Å². The average Bonchev–Trinajstić information content (AvgIpc) is 3.59. The number of likely N-dealkylation sites (tertiary alicyclic amines) is 1. The Balaban J connectivity index is 1.51. The summed E-state index contributed by atoms with van der Waals surface area (Å²) in [5, 5.41) is 14.2. The summed E-state index contributed by atoms with van der Waals surface area (Å²) in [7, 11) is 3.86. The summed E-state index contributed by atoms with van der Waals surface area (Å²) in [6, 6.07) is 13.7. The predicted molar refractivity (Wildman–Crippen MR) is 160 cm³/mol. The number of fused-ring (bicyclic) bond motifs is 1. The van der Waals surface area contributed by atoms with Gasteiger partial charge in [0.1, 0.15) is 0 Å². The van der Waals surface area contributed by atoms with E-state index in [1.165, 1.54) is 6.07 Å². The van der Waals surface area contributed by atoms with Crippen molar-refractivity contribution >= 4 is 34.9 Å². The molecule has 0 radical (unpaired) electrons. The van der Waals surface area contributed by atoms with Crippen molar-refractivity contribution in [1.29, 1.82) is 0 Å². The number of carboxylic acid groups (broad SMARTS) is 1. The Morgan fingerprint density at radius 1 is 1.05 bits per heavy atom. The Kier molecular flexibility index (Phi) is 8.61. The maximum atomic E-state index is 14.9. The summed E-state index contributed by atoms with van der Waals surface area (Å²) in [6.45, 7) is 4.08. The van der Waals surface area contributed by atoms with Crippen LogP contribution in [0.4, 0.5) is 15.8 Å². The fourth-order valence-corrected chi connectivity index (χ4v) is 6.37. The lowest BCUT2D eigenvalue weighted by atomic mass is 9.82. The molecule has 3 aromatic carbocycles. The number of carboxylic acids is 1. The topological polar surface area (TPSA) is 91.3 Å². The van der Waals surface area contributed by atoms with E-state index < -0.39 is 29.7 Å². The van der Waals surface area contributed by atoms with Crippen molar-refractivity contribution < 1.29 is 28.6 Å². The van der Waals surface area contributed by atoms with Gasteiger partial charge in [-0.25, -0.2) is 4.39 Å². The van der Waals surface area contributed by atoms with Crippen molar-refractivity contribution in [2.45, 2.75) is 38.6 Å². The zero-order valence-electron chi connectivity index (χ0n) is 24.1. The summed E-state index contributed by atoms with van der Waals surface area (Å²) in [5.74, 6) is -3.17. The molecule has 3 atom stereocenters. The van der Waals surface area contributed by atoms with Crippen molar-refractivity contribution in [2.75, 3.05) is 44.2 Å². The molecular weight excluding hydrogens is 561 g/mol. The van der Waals surface area contributed by atoms with Crippen LogP contribution in [0, 0.1) is 11.7 Å². The number of anilines is 2. The number of amides is 1. The number of nitrogens with one attached hydrogen (secondary N) is 1. The van der Waals surface area contributed by atoms with Crippen LogP contribution in [0.5, 0.6) is 11.5 Å². The maximum absolute atomic E-state index is 14.9. The first kappa shape index (κ1) is 29.7. The third-order valence-corrected chi connectivity index (χ3v) is 8.37. The third-order valence-electron chi connectivity index (χ3n) is 8.15. The van der Waals surface area contributed by atoms with Crippen LogP contribution in [-0.2, 0) is 22.4 Å². The van der Waals surface area contributed by atoms with E-state index in [-0.39, 0.29) is 37.3 Å². The molecule has 0 aromatic heterocycles. The van der Waals surface area contributed by atoms with Crippen molar-refractivity contribution in [3.63, 3.8) is 0 Å². The molecule has 1 fully saturated rings. The normalized spacial score (nSPS) is 19.6. The highest BCUT2D eigenvalue weighted by molar-refractivity contribution is 6.30. The monoisotopic (exact) mass is 595 g/mol. The molecule has 1 saturated heterocycles. The van der Waals surface area contributed by atoms with Crippen LogP contribution < -0.4 is 19.7 Å². The van der Waals surface area contributed by atoms with Crippen LogP contribution >= 0.6 is 11.6 Å². The standard InChI is InChI=1S/C32H35ClFN3O5/c1-5-18-11-22(33)12-19(6-2)29(18)35-27(38)16-37-15-24(21-13-25(34)31-26(14-21)41-17-42-31)28(32(39)40)30(37)20-7-9-23(10-8-20)36(3)4/h7-14,24,28,30H,5-6,15-17H2,1-4H3,(H,35,38)(H,39,40)/t24-,28?,30+/m1/s1. The molecule has 5 rings (SSSR count). The molecule has 222 valence electrons. The number of nitrogens with zero attached hydrogens (tertiary/aromatic N) is 2. The van der Waals surface area contributed by atoms with E-state index >= 15 is 0 Å². The fraction of sp³-hybridized carbons (Fsp3) is 0.375. The largest absolute Gasteiger partial charge is 0.481 e. The highest BCUT2D eigenvalue weighted by Crippen LogP contribution is 2.48. The van der Waals surface area contributed by atoms with Crippen molar-refractivity contribution in [3.8, 4) is 11.5 Å². The molecule has 2 aliphatic rings. The molecular formula is C32H35ClFN3O5. The smallest absolute Gasteiger partial charge is 0.309 e. The zero-order valence-corrected chi connectivity index (χ0v) is 24.9. The van der Waals surface area contributed by atoms with Crippen LogP contribution in [0.15, 0.2) is 48.5 Å². The number of carbonyl (C=O) groups excluding carboxylic acids is 1. The molecule has 2 heterocycles. The lowest BCUT2D eigenvalue weighted by molar-refractivity contribution is -0.143. The SMILES string of the molecule is CCc1cc(Cl)cc(CC)c1NC(=O)CN1C[C@H](c2cc(F)c3c(c2)OCO3)C(C(=O)O)[C@@H]1c1ccc(N(C)C)cc1. The van der Waals surface area contributed by atoms with Gasteiger partial charge in [0.15, 0.2) is 11.6 Å². The van der Waals surface area contributed by atoms with Gasteiger partial charge in [0.2, 0.25) is 18.4 Å². The summed E-state index contributed by atoms with van der Waals surface area (Å²) in [5.41, 5.74) is 4.82. The van der Waals surface area contributed by atoms with E-state index in [0.29, 0.717) is 23.4 Å². The van der Waals surface area contributed by atoms with Gasteiger partial charge in [-0.3, -0.25) is 14.5 Å². The second kappa shape index (κ2) is 12.2. The lowest BCUT2D eigenvalue weighted by Gasteiger charge is -2.27. The summed E-state index contributed by atoms with van der Waals surface area (Å²) < 4.78 is 25.6. The van der Waals surface area contributed by atoms with Gasteiger partial charge in [0.05, 0.1) is 12.5 Å². The summed E-state index contributed by atoms with van der Waals surface area (Å²) >= 11 is 6.31. The molecule has 10 heteroatoms. The molecule has 1 amide bonds. The first-order valence-corrected chi connectivity index (χ1v) is 14.4. The summed E-state index contributed by atoms with van der Waals surface area (Å²) in [4.78, 5) is 30.3. The zero-order chi connectivity index (χ0) is 30.1. The van der Waals surface area contributed by atoms with E-state index in [0.717, 1.165) is 28.1 Å². The van der Waals surface area contributed by atoms with Gasteiger partial charge >= 0.3 is 5.97 Å². The Morgan fingerprint density at radius 3 is 2.31 bits per heavy atom. The molecule has 0 bridgehead atoms. The number of halogens is 2. The number of aliphatic carboxylic acids is 1. The number of hydrogen-bond acceptors (Lipinski definition) is 6. The van der Waals surface area contributed by atoms with Crippen molar-refractivity contribution in [2.24, 2.45) is 5.92 Å². The van der Waals surface area contributed by atoms with E-state index in [1.807, 2.05) is 74.1 Å². The van der Waals surface area contributed by atoms with E-state index in [2.05, 4.69) is 5.32 Å². The van der Waals surface area contributed by atoms with Crippen LogP contribution in [0.2, 0.25) is 5.02 Å². The van der Waals surface area contributed by atoms with Gasteiger partial charge in [-0.1, -0.05) is 37.6 Å². The van der Waals surface area contributed by atoms with Crippen LogP contribution in [0.1, 0.15) is 48.1 Å². The van der Waals surface area contributed by atoms with E-state index in [1.54, 1.807) is 6.07 Å². The minimum atomic E-state index is -1.03. The minimum Gasteiger partial charge on any atom is -0.481 e. The van der Waals surface area contributed by atoms with Gasteiger partial charge in [-0.15, -0.1) is 0 Å². The van der Waals surface area contributed by atoms with Crippen LogP contribution in [-0.4, -0.2) is 55.9 Å². The van der Waals surface area contributed by atoms with Crippen molar-refractivity contribution in [1.82, 2.24) is 4.90 Å². The number of rotatable bonds is 9. The van der Waals surface area contributed by atoms with Gasteiger partial charge in [0.25, 0.3) is 0 Å². The minimum absolute atomic E-state index is 0.0251. The first-order chi connectivity index (χ1) is 20.1. The Hall–Kier alpha value is -3.82. The molecule has 2 N–H and O–H groups in total. The number of benzene rings is 3.